The molecule has 1 aromatic heterocycles. The Morgan fingerprint density at radius 2 is 2.17 bits per heavy atom. The maximum atomic E-state index is 12.4. The summed E-state index contributed by atoms with van der Waals surface area (Å²) < 4.78 is 0. The molecule has 0 atom stereocenters. The van der Waals surface area contributed by atoms with Crippen LogP contribution in [0, 0.1) is 13.8 Å². The number of aromatic nitrogens is 1. The second-order valence-corrected chi connectivity index (χ2v) is 7.17. The number of nitrogens with zero attached hydrogens (tertiary/aromatic N) is 1. The number of rotatable bonds is 7. The van der Waals surface area contributed by atoms with Gasteiger partial charge in [-0.2, -0.15) is 0 Å². The van der Waals surface area contributed by atoms with Crippen molar-refractivity contribution in [2.75, 3.05) is 12.1 Å². The lowest BCUT2D eigenvalue weighted by molar-refractivity contribution is -0.107. The van der Waals surface area contributed by atoms with Gasteiger partial charge in [0.15, 0.2) is 0 Å². The average molecular weight is 348 g/mol. The van der Waals surface area contributed by atoms with E-state index in [0.29, 0.717) is 24.3 Å². The number of thioether (sulfide) groups is 1. The van der Waals surface area contributed by atoms with Crippen molar-refractivity contribution < 1.29 is 9.59 Å². The van der Waals surface area contributed by atoms with Crippen LogP contribution in [0.25, 0.3) is 10.6 Å². The summed E-state index contributed by atoms with van der Waals surface area (Å²) in [6, 6.07) is 5.78. The first kappa shape index (κ1) is 17.7. The van der Waals surface area contributed by atoms with E-state index in [4.69, 9.17) is 0 Å². The molecular weight excluding hydrogens is 328 g/mol. The summed E-state index contributed by atoms with van der Waals surface area (Å²) in [5, 5.41) is 3.72. The minimum Gasteiger partial charge on any atom is -0.343 e. The quantitative estimate of drug-likeness (QED) is 0.613. The first-order chi connectivity index (χ1) is 11.1. The number of carbonyl (C=O) groups is 2. The molecule has 0 unspecified atom stereocenters. The number of aryl methyl sites for hydroxylation is 3. The molecule has 0 fully saturated rings. The monoisotopic (exact) mass is 348 g/mol. The first-order valence-electron chi connectivity index (χ1n) is 7.35. The summed E-state index contributed by atoms with van der Waals surface area (Å²) in [6.45, 7) is 3.95. The van der Waals surface area contributed by atoms with Gasteiger partial charge in [0.25, 0.3) is 5.91 Å². The van der Waals surface area contributed by atoms with Crippen molar-refractivity contribution in [1.29, 1.82) is 0 Å². The normalized spacial score (nSPS) is 10.6. The smallest absolute Gasteiger partial charge is 0.252 e. The predicted molar refractivity (Wildman–Crippen MR) is 97.3 cm³/mol. The molecule has 1 aromatic carbocycles. The van der Waals surface area contributed by atoms with E-state index in [1.165, 1.54) is 0 Å². The third kappa shape index (κ3) is 4.42. The average Bonchev–Trinajstić information content (AvgIpc) is 2.91. The van der Waals surface area contributed by atoms with Crippen LogP contribution in [-0.2, 0) is 11.2 Å². The van der Waals surface area contributed by atoms with Crippen LogP contribution in [0.5, 0.6) is 0 Å². The lowest BCUT2D eigenvalue weighted by Crippen LogP contribution is -2.23. The van der Waals surface area contributed by atoms with Gasteiger partial charge < -0.3 is 10.1 Å². The molecule has 0 spiro atoms. The number of nitrogens with one attached hydrogen (secondary N) is 1. The summed E-state index contributed by atoms with van der Waals surface area (Å²) in [4.78, 5) is 28.7. The Morgan fingerprint density at radius 1 is 1.39 bits per heavy atom. The summed E-state index contributed by atoms with van der Waals surface area (Å²) in [5.41, 5.74) is 3.52. The number of benzene rings is 1. The van der Waals surface area contributed by atoms with E-state index >= 15 is 0 Å². The van der Waals surface area contributed by atoms with E-state index in [1.807, 2.05) is 38.3 Å². The van der Waals surface area contributed by atoms with Gasteiger partial charge in [0, 0.05) is 22.4 Å². The lowest BCUT2D eigenvalue weighted by atomic mass is 10.0. The number of aldehydes is 1. The molecule has 0 radical (unpaired) electrons. The Kier molecular flexibility index (Phi) is 6.36. The molecule has 0 bridgehead atoms. The SMILES string of the molecule is CSCNC(=O)c1ccc(C)cc1-c1nc(C)c(CCC=O)s1. The molecule has 0 aliphatic carbocycles. The van der Waals surface area contributed by atoms with Crippen LogP contribution < -0.4 is 5.32 Å². The summed E-state index contributed by atoms with van der Waals surface area (Å²) in [6.07, 6.45) is 4.07. The van der Waals surface area contributed by atoms with E-state index in [0.717, 1.165) is 33.0 Å². The molecule has 4 nitrogen and oxygen atoms in total. The van der Waals surface area contributed by atoms with Gasteiger partial charge in [-0.25, -0.2) is 4.98 Å². The van der Waals surface area contributed by atoms with E-state index in [-0.39, 0.29) is 5.91 Å². The molecule has 2 rings (SSSR count). The molecular formula is C17H20N2O2S2. The molecule has 0 saturated carbocycles. The van der Waals surface area contributed by atoms with Crippen molar-refractivity contribution in [2.24, 2.45) is 0 Å². The molecule has 2 aromatic rings. The van der Waals surface area contributed by atoms with E-state index < -0.39 is 0 Å². The Hall–Kier alpha value is -1.66. The maximum absolute atomic E-state index is 12.4. The van der Waals surface area contributed by atoms with Crippen molar-refractivity contribution in [3.63, 3.8) is 0 Å². The molecule has 0 saturated heterocycles. The van der Waals surface area contributed by atoms with Crippen molar-refractivity contribution >= 4 is 35.3 Å². The van der Waals surface area contributed by atoms with Gasteiger partial charge in [-0.1, -0.05) is 11.6 Å². The first-order valence-corrected chi connectivity index (χ1v) is 9.56. The minimum absolute atomic E-state index is 0.0864. The molecule has 1 N–H and O–H groups in total. The highest BCUT2D eigenvalue weighted by Crippen LogP contribution is 2.31. The molecule has 122 valence electrons. The Labute approximate surface area is 144 Å². The van der Waals surface area contributed by atoms with Gasteiger partial charge in [0.1, 0.15) is 11.3 Å². The highest BCUT2D eigenvalue weighted by molar-refractivity contribution is 7.98. The Morgan fingerprint density at radius 3 is 2.87 bits per heavy atom. The fourth-order valence-corrected chi connectivity index (χ4v) is 3.61. The number of hydrogen-bond acceptors (Lipinski definition) is 5. The van der Waals surface area contributed by atoms with Gasteiger partial charge in [0.05, 0.1) is 11.6 Å². The van der Waals surface area contributed by atoms with Crippen LogP contribution in [0.4, 0.5) is 0 Å². The Bertz CT molecular complexity index is 711. The zero-order valence-electron chi connectivity index (χ0n) is 13.5. The topological polar surface area (TPSA) is 59.1 Å². The maximum Gasteiger partial charge on any atom is 0.252 e. The van der Waals surface area contributed by atoms with Crippen LogP contribution in [0.1, 0.15) is 32.9 Å². The van der Waals surface area contributed by atoms with E-state index in [9.17, 15) is 9.59 Å². The minimum atomic E-state index is -0.0864. The van der Waals surface area contributed by atoms with Crippen molar-refractivity contribution in [3.05, 3.63) is 39.9 Å². The summed E-state index contributed by atoms with van der Waals surface area (Å²) in [5.74, 6) is 0.491. The van der Waals surface area contributed by atoms with Crippen LogP contribution in [-0.4, -0.2) is 29.3 Å². The highest BCUT2D eigenvalue weighted by Gasteiger charge is 2.17. The van der Waals surface area contributed by atoms with Crippen molar-refractivity contribution in [2.45, 2.75) is 26.7 Å². The second-order valence-electron chi connectivity index (χ2n) is 5.22. The molecule has 1 amide bonds. The molecule has 0 aliphatic rings. The van der Waals surface area contributed by atoms with Crippen LogP contribution in [0.2, 0.25) is 0 Å². The van der Waals surface area contributed by atoms with E-state index in [1.54, 1.807) is 23.1 Å². The van der Waals surface area contributed by atoms with Gasteiger partial charge >= 0.3 is 0 Å². The Balaban J connectivity index is 2.39. The predicted octanol–water partition coefficient (Wildman–Crippen LogP) is 3.61. The van der Waals surface area contributed by atoms with Crippen molar-refractivity contribution in [3.8, 4) is 10.6 Å². The van der Waals surface area contributed by atoms with Gasteiger partial charge in [-0.05, 0) is 38.7 Å². The second kappa shape index (κ2) is 8.26. The third-order valence-corrected chi connectivity index (χ3v) is 5.09. The van der Waals surface area contributed by atoms with E-state index in [2.05, 4.69) is 10.3 Å². The number of carbonyl (C=O) groups excluding carboxylic acids is 2. The lowest BCUT2D eigenvalue weighted by Gasteiger charge is -2.09. The largest absolute Gasteiger partial charge is 0.343 e. The summed E-state index contributed by atoms with van der Waals surface area (Å²) in [7, 11) is 0. The van der Waals surface area contributed by atoms with Gasteiger partial charge in [-0.15, -0.1) is 23.1 Å². The zero-order chi connectivity index (χ0) is 16.8. The highest BCUT2D eigenvalue weighted by atomic mass is 32.2. The van der Waals surface area contributed by atoms with Crippen LogP contribution >= 0.6 is 23.1 Å². The van der Waals surface area contributed by atoms with Crippen LogP contribution in [0.15, 0.2) is 18.2 Å². The standard InChI is InChI=1S/C17H20N2O2S2/c1-11-6-7-13(16(21)18-10-22-3)14(9-11)17-19-12(2)15(23-17)5-4-8-20/h6-9H,4-5,10H2,1-3H3,(H,18,21). The molecule has 0 aliphatic heterocycles. The summed E-state index contributed by atoms with van der Waals surface area (Å²) >= 11 is 3.13. The fraction of sp³-hybridized carbons (Fsp3) is 0.353. The number of thiazole rings is 1. The molecule has 23 heavy (non-hydrogen) atoms. The zero-order valence-corrected chi connectivity index (χ0v) is 15.1. The van der Waals surface area contributed by atoms with Crippen LogP contribution in [0.3, 0.4) is 0 Å². The van der Waals surface area contributed by atoms with Gasteiger partial charge in [0.2, 0.25) is 0 Å². The van der Waals surface area contributed by atoms with Gasteiger partial charge in [-0.3, -0.25) is 4.79 Å². The fourth-order valence-electron chi connectivity index (χ4n) is 2.23. The molecule has 1 heterocycles. The van der Waals surface area contributed by atoms with Crippen molar-refractivity contribution in [1.82, 2.24) is 10.3 Å². The number of hydrogen-bond donors (Lipinski definition) is 1. The molecule has 6 heteroatoms. The third-order valence-electron chi connectivity index (χ3n) is 3.41. The number of amides is 1.